The van der Waals surface area contributed by atoms with Crippen LogP contribution < -0.4 is 15.2 Å². The van der Waals surface area contributed by atoms with Gasteiger partial charge in [-0.25, -0.2) is 19.7 Å². The van der Waals surface area contributed by atoms with Crippen LogP contribution in [0.15, 0.2) is 59.4 Å². The number of rotatable bonds is 5. The molecular weight excluding hydrogens is 370 g/mol. The quantitative estimate of drug-likeness (QED) is 0.505. The first-order valence-electron chi connectivity index (χ1n) is 9.24. The first kappa shape index (κ1) is 18.2. The molecule has 0 saturated heterocycles. The molecule has 0 aliphatic rings. The predicted octanol–water partition coefficient (Wildman–Crippen LogP) is 4.94. The molecule has 1 unspecified atom stereocenters. The Kier molecular flexibility index (Phi) is 5.08. The van der Waals surface area contributed by atoms with Crippen molar-refractivity contribution in [2.75, 3.05) is 10.2 Å². The third kappa shape index (κ3) is 3.61. The van der Waals surface area contributed by atoms with Gasteiger partial charge in [0.15, 0.2) is 16.7 Å². The second kappa shape index (κ2) is 7.82. The molecule has 28 heavy (non-hydrogen) atoms. The highest BCUT2D eigenvalue weighted by Gasteiger charge is 2.21. The zero-order valence-corrected chi connectivity index (χ0v) is 16.6. The molecule has 0 spiro atoms. The Balaban J connectivity index is 1.60. The molecule has 0 bridgehead atoms. The fourth-order valence-corrected chi connectivity index (χ4v) is 3.67. The lowest BCUT2D eigenvalue weighted by molar-refractivity contribution is -0.330. The van der Waals surface area contributed by atoms with Crippen molar-refractivity contribution >= 4 is 39.8 Å². The maximum Gasteiger partial charge on any atom is 0.326 e. The predicted molar refractivity (Wildman–Crippen MR) is 114 cm³/mol. The van der Waals surface area contributed by atoms with Crippen LogP contribution in [0.3, 0.4) is 0 Å². The van der Waals surface area contributed by atoms with Gasteiger partial charge in [-0.2, -0.15) is 0 Å². The van der Waals surface area contributed by atoms with Crippen LogP contribution in [0.4, 0.5) is 16.2 Å². The highest BCUT2D eigenvalue weighted by molar-refractivity contribution is 7.07. The summed E-state index contributed by atoms with van der Waals surface area (Å²) in [7, 11) is 0. The van der Waals surface area contributed by atoms with Gasteiger partial charge < -0.3 is 5.32 Å². The SMILES string of the molecule is CCC(C)N(C(=O)Nc1ccc2[nH+]c(-c3cscn3)[nH]c2c1)c1ccccc1. The number of amides is 2. The minimum Gasteiger partial charge on any atom is -0.307 e. The van der Waals surface area contributed by atoms with Crippen molar-refractivity contribution in [1.29, 1.82) is 0 Å². The number of urea groups is 1. The van der Waals surface area contributed by atoms with E-state index in [9.17, 15) is 4.79 Å². The van der Waals surface area contributed by atoms with E-state index in [2.05, 4.69) is 34.1 Å². The Morgan fingerprint density at radius 3 is 2.82 bits per heavy atom. The zero-order valence-electron chi connectivity index (χ0n) is 15.8. The second-order valence-corrected chi connectivity index (χ2v) is 7.37. The molecule has 6 nitrogen and oxygen atoms in total. The van der Waals surface area contributed by atoms with Crippen molar-refractivity contribution in [2.24, 2.45) is 0 Å². The summed E-state index contributed by atoms with van der Waals surface area (Å²) in [6, 6.07) is 15.5. The number of aromatic amines is 2. The highest BCUT2D eigenvalue weighted by atomic mass is 32.1. The second-order valence-electron chi connectivity index (χ2n) is 6.65. The molecule has 0 saturated carbocycles. The van der Waals surface area contributed by atoms with E-state index in [0.29, 0.717) is 0 Å². The van der Waals surface area contributed by atoms with Gasteiger partial charge >= 0.3 is 11.9 Å². The monoisotopic (exact) mass is 392 g/mol. The molecular formula is C21H22N5OS+. The van der Waals surface area contributed by atoms with Gasteiger partial charge in [0, 0.05) is 28.9 Å². The molecule has 0 fully saturated rings. The lowest BCUT2D eigenvalue weighted by Gasteiger charge is -2.28. The maximum absolute atomic E-state index is 13.0. The molecule has 2 aromatic carbocycles. The summed E-state index contributed by atoms with van der Waals surface area (Å²) in [4.78, 5) is 25.8. The van der Waals surface area contributed by atoms with Gasteiger partial charge in [0.1, 0.15) is 0 Å². The van der Waals surface area contributed by atoms with E-state index in [0.717, 1.165) is 40.3 Å². The van der Waals surface area contributed by atoms with Gasteiger partial charge in [0.25, 0.3) is 0 Å². The summed E-state index contributed by atoms with van der Waals surface area (Å²) >= 11 is 1.55. The molecule has 7 heteroatoms. The number of carbonyl (C=O) groups excluding carboxylic acids is 1. The van der Waals surface area contributed by atoms with Crippen molar-refractivity contribution in [3.8, 4) is 11.5 Å². The van der Waals surface area contributed by atoms with Crippen LogP contribution >= 0.6 is 11.3 Å². The first-order valence-corrected chi connectivity index (χ1v) is 10.2. The Labute approximate surface area is 167 Å². The van der Waals surface area contributed by atoms with Crippen LogP contribution in [0.1, 0.15) is 20.3 Å². The van der Waals surface area contributed by atoms with Crippen molar-refractivity contribution in [3.05, 3.63) is 59.4 Å². The highest BCUT2D eigenvalue weighted by Crippen LogP contribution is 2.22. The van der Waals surface area contributed by atoms with Gasteiger partial charge in [0.2, 0.25) is 0 Å². The third-order valence-corrected chi connectivity index (χ3v) is 5.35. The number of thiazole rings is 1. The van der Waals surface area contributed by atoms with E-state index in [1.165, 1.54) is 0 Å². The molecule has 2 aromatic heterocycles. The molecule has 0 aliphatic heterocycles. The lowest BCUT2D eigenvalue weighted by atomic mass is 10.2. The van der Waals surface area contributed by atoms with Crippen LogP contribution in [-0.4, -0.2) is 22.0 Å². The average molecular weight is 393 g/mol. The summed E-state index contributed by atoms with van der Waals surface area (Å²) in [5, 5.41) is 5.01. The smallest absolute Gasteiger partial charge is 0.307 e. The van der Waals surface area contributed by atoms with Crippen molar-refractivity contribution < 1.29 is 9.78 Å². The molecule has 0 aliphatic carbocycles. The van der Waals surface area contributed by atoms with Gasteiger partial charge in [0.05, 0.1) is 5.51 Å². The molecule has 4 rings (SSSR count). The third-order valence-electron chi connectivity index (χ3n) is 4.76. The summed E-state index contributed by atoms with van der Waals surface area (Å²) in [6.45, 7) is 4.13. The van der Waals surface area contributed by atoms with E-state index in [1.54, 1.807) is 21.7 Å². The van der Waals surface area contributed by atoms with Crippen LogP contribution in [-0.2, 0) is 0 Å². The number of para-hydroxylation sites is 1. The number of carbonyl (C=O) groups is 1. The van der Waals surface area contributed by atoms with E-state index >= 15 is 0 Å². The van der Waals surface area contributed by atoms with Crippen LogP contribution in [0, 0.1) is 0 Å². The van der Waals surface area contributed by atoms with E-state index in [-0.39, 0.29) is 12.1 Å². The minimum atomic E-state index is -0.143. The van der Waals surface area contributed by atoms with E-state index < -0.39 is 0 Å². The average Bonchev–Trinajstić information content (AvgIpc) is 3.38. The van der Waals surface area contributed by atoms with Gasteiger partial charge in [-0.3, -0.25) is 4.90 Å². The Morgan fingerprint density at radius 2 is 2.11 bits per heavy atom. The summed E-state index contributed by atoms with van der Waals surface area (Å²) in [6.07, 6.45) is 0.865. The van der Waals surface area contributed by atoms with Crippen molar-refractivity contribution in [1.82, 2.24) is 9.97 Å². The van der Waals surface area contributed by atoms with Crippen LogP contribution in [0.25, 0.3) is 22.6 Å². The summed E-state index contributed by atoms with van der Waals surface area (Å²) in [5.74, 6) is 0.852. The molecule has 3 N–H and O–H groups in total. The molecule has 1 atom stereocenters. The Bertz CT molecular complexity index is 1070. The molecule has 2 heterocycles. The fraction of sp³-hybridized carbons (Fsp3) is 0.190. The maximum atomic E-state index is 13.0. The zero-order chi connectivity index (χ0) is 19.5. The fourth-order valence-electron chi connectivity index (χ4n) is 3.13. The number of benzene rings is 2. The van der Waals surface area contributed by atoms with Crippen LogP contribution in [0.5, 0.6) is 0 Å². The summed E-state index contributed by atoms with van der Waals surface area (Å²) < 4.78 is 0. The van der Waals surface area contributed by atoms with E-state index in [4.69, 9.17) is 0 Å². The van der Waals surface area contributed by atoms with Crippen molar-refractivity contribution in [3.63, 3.8) is 0 Å². The molecule has 4 aromatic rings. The van der Waals surface area contributed by atoms with E-state index in [1.807, 2.05) is 53.9 Å². The Morgan fingerprint density at radius 1 is 1.29 bits per heavy atom. The van der Waals surface area contributed by atoms with Gasteiger partial charge in [-0.05, 0) is 37.6 Å². The normalized spacial score (nSPS) is 12.1. The number of hydrogen-bond acceptors (Lipinski definition) is 3. The molecule has 2 amide bonds. The number of hydrogen-bond donors (Lipinski definition) is 2. The Hall–Kier alpha value is -3.19. The van der Waals surface area contributed by atoms with Gasteiger partial charge in [-0.15, -0.1) is 11.3 Å². The van der Waals surface area contributed by atoms with Crippen LogP contribution in [0.2, 0.25) is 0 Å². The number of nitrogens with one attached hydrogen (secondary N) is 3. The number of fused-ring (bicyclic) bond motifs is 1. The van der Waals surface area contributed by atoms with Gasteiger partial charge in [-0.1, -0.05) is 25.1 Å². The molecule has 0 radical (unpaired) electrons. The largest absolute Gasteiger partial charge is 0.326 e. The lowest BCUT2D eigenvalue weighted by Crippen LogP contribution is -2.41. The number of aromatic nitrogens is 3. The topological polar surface area (TPSA) is 75.2 Å². The minimum absolute atomic E-state index is 0.0845. The number of H-pyrrole nitrogens is 2. The number of anilines is 2. The number of imidazole rings is 1. The number of nitrogens with zero attached hydrogens (tertiary/aromatic N) is 2. The summed E-state index contributed by atoms with van der Waals surface area (Å²) in [5.41, 5.74) is 6.17. The first-order chi connectivity index (χ1) is 13.7. The standard InChI is InChI=1S/C21H21N5OS/c1-3-14(2)26(16-7-5-4-6-8-16)21(27)23-15-9-10-17-18(11-15)25-20(24-17)19-12-28-13-22-19/h4-14H,3H2,1-2H3,(H,23,27)(H,24,25)/p+1. The molecule has 142 valence electrons. The van der Waals surface area contributed by atoms with Crippen molar-refractivity contribution in [2.45, 2.75) is 26.3 Å².